The van der Waals surface area contributed by atoms with E-state index in [1.54, 1.807) is 0 Å². The number of benzene rings is 2. The van der Waals surface area contributed by atoms with Crippen LogP contribution in [0.25, 0.3) is 11.1 Å². The van der Waals surface area contributed by atoms with Gasteiger partial charge in [-0.15, -0.1) is 0 Å². The van der Waals surface area contributed by atoms with Crippen molar-refractivity contribution in [2.24, 2.45) is 0 Å². The van der Waals surface area contributed by atoms with Gasteiger partial charge in [0.25, 0.3) is 0 Å². The van der Waals surface area contributed by atoms with Crippen molar-refractivity contribution in [3.63, 3.8) is 0 Å². The minimum atomic E-state index is -1.42. The minimum Gasteiger partial charge on any atom is -0.204 e. The van der Waals surface area contributed by atoms with Gasteiger partial charge in [0.05, 0.1) is 0 Å². The first-order valence-corrected chi connectivity index (χ1v) is 6.90. The van der Waals surface area contributed by atoms with Gasteiger partial charge in [-0.2, -0.15) is 0 Å². The topological polar surface area (TPSA) is 0 Å². The Hall–Kier alpha value is -1.77. The molecular weight excluding hydrogens is 261 g/mol. The third kappa shape index (κ3) is 2.45. The Morgan fingerprint density at radius 2 is 1.30 bits per heavy atom. The zero-order valence-corrected chi connectivity index (χ0v) is 11.0. The molecule has 0 amide bonds. The summed E-state index contributed by atoms with van der Waals surface area (Å²) in [6.45, 7) is 0. The molecule has 0 heterocycles. The molecule has 0 aromatic heterocycles. The molecule has 1 fully saturated rings. The molecule has 1 aliphatic rings. The molecule has 20 heavy (non-hydrogen) atoms. The molecule has 0 aliphatic heterocycles. The van der Waals surface area contributed by atoms with E-state index in [0.717, 1.165) is 12.1 Å². The number of halogens is 3. The number of rotatable bonds is 2. The highest BCUT2D eigenvalue weighted by Crippen LogP contribution is 2.35. The molecule has 0 unspecified atom stereocenters. The predicted molar refractivity (Wildman–Crippen MR) is 73.0 cm³/mol. The monoisotopic (exact) mass is 276 g/mol. The maximum absolute atomic E-state index is 13.2. The van der Waals surface area contributed by atoms with Gasteiger partial charge in [-0.1, -0.05) is 37.1 Å². The average Bonchev–Trinajstić information content (AvgIpc) is 2.98. The fourth-order valence-electron chi connectivity index (χ4n) is 2.93. The van der Waals surface area contributed by atoms with Gasteiger partial charge in [-0.25, -0.2) is 13.2 Å². The highest BCUT2D eigenvalue weighted by molar-refractivity contribution is 5.64. The molecule has 0 saturated heterocycles. The Morgan fingerprint density at radius 1 is 0.750 bits per heavy atom. The maximum atomic E-state index is 13.2. The number of hydrogen-bond acceptors (Lipinski definition) is 0. The van der Waals surface area contributed by atoms with E-state index >= 15 is 0 Å². The van der Waals surface area contributed by atoms with Crippen LogP contribution in [0.5, 0.6) is 0 Å². The van der Waals surface area contributed by atoms with Crippen LogP contribution in [-0.4, -0.2) is 0 Å². The van der Waals surface area contributed by atoms with Crippen LogP contribution in [0.4, 0.5) is 13.2 Å². The van der Waals surface area contributed by atoms with E-state index in [0.29, 0.717) is 17.0 Å². The van der Waals surface area contributed by atoms with Crippen LogP contribution in [0.3, 0.4) is 0 Å². The predicted octanol–water partition coefficient (Wildman–Crippen LogP) is 5.43. The summed E-state index contributed by atoms with van der Waals surface area (Å²) < 4.78 is 39.4. The van der Waals surface area contributed by atoms with Crippen LogP contribution < -0.4 is 0 Å². The Kier molecular flexibility index (Phi) is 3.51. The Bertz CT molecular complexity index is 588. The van der Waals surface area contributed by atoms with Crippen molar-refractivity contribution in [3.8, 4) is 11.1 Å². The third-order valence-corrected chi connectivity index (χ3v) is 4.05. The molecule has 0 nitrogen and oxygen atoms in total. The fourth-order valence-corrected chi connectivity index (χ4v) is 2.93. The van der Waals surface area contributed by atoms with Gasteiger partial charge < -0.3 is 0 Å². The SMILES string of the molecule is Fc1cc(-c2ccc(C3CCCC3)cc2)cc(F)c1F. The molecule has 0 bridgehead atoms. The fraction of sp³-hybridized carbons (Fsp3) is 0.294. The summed E-state index contributed by atoms with van der Waals surface area (Å²) in [5.74, 6) is -3.12. The normalized spacial score (nSPS) is 15.8. The van der Waals surface area contributed by atoms with E-state index in [-0.39, 0.29) is 0 Å². The lowest BCUT2D eigenvalue weighted by molar-refractivity contribution is 0.448. The maximum Gasteiger partial charge on any atom is 0.194 e. The third-order valence-electron chi connectivity index (χ3n) is 4.05. The Morgan fingerprint density at radius 3 is 1.85 bits per heavy atom. The summed E-state index contributed by atoms with van der Waals surface area (Å²) in [5, 5.41) is 0. The van der Waals surface area contributed by atoms with Crippen molar-refractivity contribution in [1.29, 1.82) is 0 Å². The second kappa shape index (κ2) is 5.31. The molecule has 0 radical (unpaired) electrons. The molecule has 3 heteroatoms. The minimum absolute atomic E-state index is 0.361. The quantitative estimate of drug-likeness (QED) is 0.642. The lowest BCUT2D eigenvalue weighted by Crippen LogP contribution is -1.93. The van der Waals surface area contributed by atoms with Gasteiger partial charge >= 0.3 is 0 Å². The second-order valence-corrected chi connectivity index (χ2v) is 5.36. The summed E-state index contributed by atoms with van der Waals surface area (Å²) in [6, 6.07) is 9.76. The van der Waals surface area contributed by atoms with E-state index in [1.807, 2.05) is 24.3 Å². The van der Waals surface area contributed by atoms with Crippen molar-refractivity contribution in [2.45, 2.75) is 31.6 Å². The molecule has 2 aromatic carbocycles. The van der Waals surface area contributed by atoms with Gasteiger partial charge in [-0.3, -0.25) is 0 Å². The molecule has 104 valence electrons. The highest BCUT2D eigenvalue weighted by atomic mass is 19.2. The molecule has 1 saturated carbocycles. The molecule has 3 rings (SSSR count). The zero-order valence-electron chi connectivity index (χ0n) is 11.0. The average molecular weight is 276 g/mol. The van der Waals surface area contributed by atoms with Gasteiger partial charge in [0.15, 0.2) is 17.5 Å². The van der Waals surface area contributed by atoms with Crippen molar-refractivity contribution in [3.05, 3.63) is 59.4 Å². The molecule has 0 atom stereocenters. The summed E-state index contributed by atoms with van der Waals surface area (Å²) in [7, 11) is 0. The van der Waals surface area contributed by atoms with E-state index in [4.69, 9.17) is 0 Å². The van der Waals surface area contributed by atoms with E-state index in [9.17, 15) is 13.2 Å². The smallest absolute Gasteiger partial charge is 0.194 e. The first-order valence-electron chi connectivity index (χ1n) is 6.90. The van der Waals surface area contributed by atoms with E-state index in [2.05, 4.69) is 0 Å². The van der Waals surface area contributed by atoms with Crippen LogP contribution in [0, 0.1) is 17.5 Å². The lowest BCUT2D eigenvalue weighted by Gasteiger charge is -2.10. The van der Waals surface area contributed by atoms with E-state index in [1.165, 1.54) is 31.2 Å². The molecule has 0 N–H and O–H groups in total. The summed E-state index contributed by atoms with van der Waals surface area (Å²) in [4.78, 5) is 0. The highest BCUT2D eigenvalue weighted by Gasteiger charge is 2.17. The molecule has 1 aliphatic carbocycles. The molecule has 0 spiro atoms. The summed E-state index contributed by atoms with van der Waals surface area (Å²) >= 11 is 0. The first-order chi connectivity index (χ1) is 9.65. The van der Waals surface area contributed by atoms with Gasteiger partial charge in [0, 0.05) is 0 Å². The van der Waals surface area contributed by atoms with Crippen molar-refractivity contribution in [2.75, 3.05) is 0 Å². The van der Waals surface area contributed by atoms with Crippen molar-refractivity contribution >= 4 is 0 Å². The standard InChI is InChI=1S/C17H15F3/c18-15-9-14(10-16(19)17(15)20)13-7-5-12(6-8-13)11-3-1-2-4-11/h5-11H,1-4H2. The van der Waals surface area contributed by atoms with Crippen LogP contribution in [-0.2, 0) is 0 Å². The van der Waals surface area contributed by atoms with Gasteiger partial charge in [0.2, 0.25) is 0 Å². The molecular formula is C17H15F3. The Labute approximate surface area is 116 Å². The van der Waals surface area contributed by atoms with Crippen molar-refractivity contribution in [1.82, 2.24) is 0 Å². The van der Waals surface area contributed by atoms with Crippen LogP contribution in [0.15, 0.2) is 36.4 Å². The molecule has 2 aromatic rings. The van der Waals surface area contributed by atoms with Gasteiger partial charge in [-0.05, 0) is 47.6 Å². The van der Waals surface area contributed by atoms with Crippen LogP contribution in [0.2, 0.25) is 0 Å². The van der Waals surface area contributed by atoms with Crippen molar-refractivity contribution < 1.29 is 13.2 Å². The summed E-state index contributed by atoms with van der Waals surface area (Å²) in [5.41, 5.74) is 2.33. The van der Waals surface area contributed by atoms with Gasteiger partial charge in [0.1, 0.15) is 0 Å². The largest absolute Gasteiger partial charge is 0.204 e. The lowest BCUT2D eigenvalue weighted by atomic mass is 9.95. The van der Waals surface area contributed by atoms with Crippen LogP contribution >= 0.6 is 0 Å². The number of hydrogen-bond donors (Lipinski definition) is 0. The van der Waals surface area contributed by atoms with E-state index < -0.39 is 17.5 Å². The second-order valence-electron chi connectivity index (χ2n) is 5.36. The summed E-state index contributed by atoms with van der Waals surface area (Å²) in [6.07, 6.45) is 4.94. The van der Waals surface area contributed by atoms with Crippen LogP contribution in [0.1, 0.15) is 37.2 Å². The first kappa shape index (κ1) is 13.2. The zero-order chi connectivity index (χ0) is 14.1. The Balaban J connectivity index is 1.91.